The van der Waals surface area contributed by atoms with Crippen LogP contribution in [0.15, 0.2) is 48.5 Å². The lowest BCUT2D eigenvalue weighted by Crippen LogP contribution is -2.59. The van der Waals surface area contributed by atoms with Gasteiger partial charge in [-0.25, -0.2) is 4.39 Å². The van der Waals surface area contributed by atoms with Crippen molar-refractivity contribution in [3.63, 3.8) is 0 Å². The van der Waals surface area contributed by atoms with Crippen LogP contribution in [0.5, 0.6) is 0 Å². The quantitative estimate of drug-likeness (QED) is 0.625. The Kier molecular flexibility index (Phi) is 6.37. The number of carbonyl (C=O) groups is 2. The zero-order valence-electron chi connectivity index (χ0n) is 18.0. The average molecular weight is 499 g/mol. The summed E-state index contributed by atoms with van der Waals surface area (Å²) in [6.07, 6.45) is -4.57. The second-order valence-electron chi connectivity index (χ2n) is 8.95. The molecule has 0 saturated carbocycles. The lowest BCUT2D eigenvalue weighted by molar-refractivity contribution is -0.262. The first-order chi connectivity index (χ1) is 16.0. The first-order valence-corrected chi connectivity index (χ1v) is 11.2. The number of piperidine rings is 2. The van der Waals surface area contributed by atoms with Crippen LogP contribution in [0.2, 0.25) is 5.02 Å². The minimum Gasteiger partial charge on any atom is -0.369 e. The minimum absolute atomic E-state index is 0.0597. The Morgan fingerprint density at radius 2 is 1.65 bits per heavy atom. The monoisotopic (exact) mass is 498 g/mol. The second kappa shape index (κ2) is 8.85. The molecule has 10 heteroatoms. The molecule has 2 heterocycles. The molecule has 2 N–H and O–H groups in total. The van der Waals surface area contributed by atoms with E-state index in [-0.39, 0.29) is 49.2 Å². The summed E-state index contributed by atoms with van der Waals surface area (Å²) in [7, 11) is 0. The summed E-state index contributed by atoms with van der Waals surface area (Å²) in [6, 6.07) is 10.3. The normalized spacial score (nSPS) is 22.2. The molecule has 0 bridgehead atoms. The largest absolute Gasteiger partial charge is 0.430 e. The van der Waals surface area contributed by atoms with Gasteiger partial charge in [-0.05, 0) is 48.1 Å². The Labute approximate surface area is 198 Å². The number of benzene rings is 2. The highest BCUT2D eigenvalue weighted by molar-refractivity contribution is 6.30. The smallest absolute Gasteiger partial charge is 0.369 e. The van der Waals surface area contributed by atoms with Crippen molar-refractivity contribution in [2.24, 2.45) is 5.41 Å². The summed E-state index contributed by atoms with van der Waals surface area (Å²) in [5, 5.41) is 13.6. The fraction of sp³-hybridized carbons (Fsp3) is 0.417. The predicted octanol–water partition coefficient (Wildman–Crippen LogP) is 4.14. The van der Waals surface area contributed by atoms with Crippen LogP contribution in [0, 0.1) is 11.2 Å². The Morgan fingerprint density at radius 3 is 2.21 bits per heavy atom. The number of halogens is 5. The van der Waals surface area contributed by atoms with E-state index in [4.69, 9.17) is 11.6 Å². The maximum absolute atomic E-state index is 14.0. The van der Waals surface area contributed by atoms with Gasteiger partial charge in [0.25, 0.3) is 11.5 Å². The van der Waals surface area contributed by atoms with Gasteiger partial charge in [0.05, 0.1) is 0 Å². The van der Waals surface area contributed by atoms with Crippen molar-refractivity contribution in [1.29, 1.82) is 0 Å². The highest BCUT2D eigenvalue weighted by Crippen LogP contribution is 2.50. The topological polar surface area (TPSA) is 69.6 Å². The van der Waals surface area contributed by atoms with E-state index in [9.17, 15) is 32.3 Å². The van der Waals surface area contributed by atoms with Crippen molar-refractivity contribution >= 4 is 23.4 Å². The Hall–Kier alpha value is -2.65. The van der Waals surface area contributed by atoms with Crippen LogP contribution in [-0.2, 0) is 15.2 Å². The number of alkyl halides is 3. The van der Waals surface area contributed by atoms with Gasteiger partial charge in [-0.3, -0.25) is 9.59 Å². The average Bonchev–Trinajstić information content (AvgIpc) is 2.79. The molecule has 2 saturated heterocycles. The van der Waals surface area contributed by atoms with E-state index in [1.165, 1.54) is 24.3 Å². The molecule has 4 rings (SSSR count). The fourth-order valence-electron chi connectivity index (χ4n) is 5.11. The van der Waals surface area contributed by atoms with Gasteiger partial charge in [0.1, 0.15) is 5.82 Å². The van der Waals surface area contributed by atoms with Gasteiger partial charge in [0.2, 0.25) is 5.91 Å². The van der Waals surface area contributed by atoms with E-state index in [1.54, 1.807) is 12.1 Å². The van der Waals surface area contributed by atoms with Crippen LogP contribution < -0.4 is 5.32 Å². The molecule has 34 heavy (non-hydrogen) atoms. The summed E-state index contributed by atoms with van der Waals surface area (Å²) in [5.74, 6) is -2.21. The first-order valence-electron chi connectivity index (χ1n) is 10.8. The molecular weight excluding hydrogens is 476 g/mol. The van der Waals surface area contributed by atoms with E-state index < -0.39 is 34.5 Å². The molecule has 0 aromatic heterocycles. The Balaban J connectivity index is 1.59. The molecule has 2 amide bonds. The van der Waals surface area contributed by atoms with Crippen molar-refractivity contribution in [1.82, 2.24) is 10.2 Å². The molecule has 2 aliphatic heterocycles. The molecular formula is C24H23ClF4N2O3. The van der Waals surface area contributed by atoms with Crippen LogP contribution >= 0.6 is 11.6 Å². The van der Waals surface area contributed by atoms with E-state index >= 15 is 0 Å². The molecule has 0 aliphatic carbocycles. The number of hydrogen-bond acceptors (Lipinski definition) is 3. The summed E-state index contributed by atoms with van der Waals surface area (Å²) in [4.78, 5) is 26.3. The number of carbonyl (C=O) groups excluding carboxylic acids is 2. The van der Waals surface area contributed by atoms with Gasteiger partial charge in [0.15, 0.2) is 0 Å². The van der Waals surface area contributed by atoms with Crippen LogP contribution in [0.1, 0.15) is 36.3 Å². The molecule has 5 nitrogen and oxygen atoms in total. The highest BCUT2D eigenvalue weighted by Gasteiger charge is 2.62. The van der Waals surface area contributed by atoms with Crippen LogP contribution in [-0.4, -0.2) is 47.6 Å². The second-order valence-corrected chi connectivity index (χ2v) is 9.39. The standard InChI is InChI=1S/C24H23ClF4N2O3/c25-17-5-3-16(4-6-17)23(34,24(27,28)29)21(33)31-11-9-22(10-12-31)13-20(32)30-14-19(22)15-1-7-18(26)8-2-15/h1-8,19,34H,9-14H2,(H,30,32)/t19-,23?/m1/s1. The van der Waals surface area contributed by atoms with E-state index in [0.717, 1.165) is 22.6 Å². The van der Waals surface area contributed by atoms with Crippen molar-refractivity contribution in [2.45, 2.75) is 37.0 Å². The number of aliphatic hydroxyl groups is 1. The predicted molar refractivity (Wildman–Crippen MR) is 116 cm³/mol. The van der Waals surface area contributed by atoms with Crippen molar-refractivity contribution in [3.05, 3.63) is 70.5 Å². The van der Waals surface area contributed by atoms with Gasteiger partial charge < -0.3 is 15.3 Å². The number of rotatable bonds is 3. The van der Waals surface area contributed by atoms with E-state index in [1.807, 2.05) is 0 Å². The SMILES string of the molecule is O=C1CC2(CCN(C(=O)C(O)(c3ccc(Cl)cc3)C(F)(F)F)CC2)[C@@H](c2ccc(F)cc2)CN1. The number of amides is 2. The molecule has 2 atom stereocenters. The van der Waals surface area contributed by atoms with Gasteiger partial charge in [-0.1, -0.05) is 35.9 Å². The number of likely N-dealkylation sites (tertiary alicyclic amines) is 1. The fourth-order valence-corrected chi connectivity index (χ4v) is 5.24. The van der Waals surface area contributed by atoms with Gasteiger partial charge in [0, 0.05) is 42.6 Å². The van der Waals surface area contributed by atoms with Gasteiger partial charge in [-0.15, -0.1) is 0 Å². The third-order valence-corrected chi connectivity index (χ3v) is 7.31. The number of hydrogen-bond donors (Lipinski definition) is 2. The number of nitrogens with zero attached hydrogens (tertiary/aromatic N) is 1. The summed E-state index contributed by atoms with van der Waals surface area (Å²) >= 11 is 5.76. The van der Waals surface area contributed by atoms with Crippen molar-refractivity contribution in [3.8, 4) is 0 Å². The Morgan fingerprint density at radius 1 is 1.06 bits per heavy atom. The molecule has 1 spiro atoms. The molecule has 2 fully saturated rings. The van der Waals surface area contributed by atoms with Crippen LogP contribution in [0.4, 0.5) is 17.6 Å². The summed E-state index contributed by atoms with van der Waals surface area (Å²) < 4.78 is 55.4. The van der Waals surface area contributed by atoms with Crippen LogP contribution in [0.25, 0.3) is 0 Å². The zero-order valence-corrected chi connectivity index (χ0v) is 18.8. The molecule has 2 aliphatic rings. The minimum atomic E-state index is -5.26. The van der Waals surface area contributed by atoms with E-state index in [0.29, 0.717) is 6.54 Å². The molecule has 2 aromatic carbocycles. The van der Waals surface area contributed by atoms with Gasteiger partial charge in [-0.2, -0.15) is 13.2 Å². The van der Waals surface area contributed by atoms with Crippen molar-refractivity contribution < 1.29 is 32.3 Å². The lowest BCUT2D eigenvalue weighted by atomic mass is 9.62. The Bertz CT molecular complexity index is 1070. The summed E-state index contributed by atoms with van der Waals surface area (Å²) in [5.41, 5.74) is -4.11. The third kappa shape index (κ3) is 4.27. The number of nitrogens with one attached hydrogen (secondary N) is 1. The maximum Gasteiger partial charge on any atom is 0.430 e. The highest BCUT2D eigenvalue weighted by atomic mass is 35.5. The first kappa shape index (κ1) is 24.5. The lowest BCUT2D eigenvalue weighted by Gasteiger charge is -2.50. The van der Waals surface area contributed by atoms with E-state index in [2.05, 4.69) is 5.32 Å². The zero-order chi connectivity index (χ0) is 24.7. The van der Waals surface area contributed by atoms with Gasteiger partial charge >= 0.3 is 6.18 Å². The molecule has 1 unspecified atom stereocenters. The van der Waals surface area contributed by atoms with Crippen molar-refractivity contribution in [2.75, 3.05) is 19.6 Å². The molecule has 182 valence electrons. The molecule has 2 aromatic rings. The summed E-state index contributed by atoms with van der Waals surface area (Å²) in [6.45, 7) is 0.196. The third-order valence-electron chi connectivity index (χ3n) is 7.06. The molecule has 0 radical (unpaired) electrons. The van der Waals surface area contributed by atoms with Crippen LogP contribution in [0.3, 0.4) is 0 Å². The maximum atomic E-state index is 14.0.